The maximum absolute atomic E-state index is 12.0. The van der Waals surface area contributed by atoms with E-state index in [0.29, 0.717) is 16.5 Å². The number of benzene rings is 2. The van der Waals surface area contributed by atoms with Crippen molar-refractivity contribution in [3.05, 3.63) is 127 Å². The number of halogens is 3. The SMILES string of the molecule is Nc1cccnc1Cl.O=C(Cl)c1ccccc1[N+](=O)[O-].O=C(Nc1cccnc1Cl)c1ccccc1[N+](=O)[O-]. The lowest BCUT2D eigenvalue weighted by atomic mass is 10.1. The van der Waals surface area contributed by atoms with E-state index >= 15 is 0 Å². The van der Waals surface area contributed by atoms with Gasteiger partial charge in [0, 0.05) is 24.5 Å². The van der Waals surface area contributed by atoms with Gasteiger partial charge in [-0.05, 0) is 48.0 Å². The fourth-order valence-corrected chi connectivity index (χ4v) is 3.14. The number of hydrogen-bond donors (Lipinski definition) is 2. The van der Waals surface area contributed by atoms with Crippen LogP contribution in [0, 0.1) is 20.2 Å². The van der Waals surface area contributed by atoms with Gasteiger partial charge in [-0.15, -0.1) is 0 Å². The number of para-hydroxylation sites is 2. The van der Waals surface area contributed by atoms with Gasteiger partial charge in [0.2, 0.25) is 0 Å². The number of carbonyl (C=O) groups is 2. The number of hydrogen-bond acceptors (Lipinski definition) is 9. The largest absolute Gasteiger partial charge is 0.396 e. The number of anilines is 2. The van der Waals surface area contributed by atoms with Gasteiger partial charge < -0.3 is 11.1 Å². The number of amides is 1. The Bertz CT molecular complexity index is 1450. The second-order valence-corrected chi connectivity index (χ2v) is 8.06. The van der Waals surface area contributed by atoms with E-state index in [2.05, 4.69) is 15.3 Å². The van der Waals surface area contributed by atoms with Gasteiger partial charge in [0.1, 0.15) is 11.1 Å². The third-order valence-electron chi connectivity index (χ3n) is 4.45. The highest BCUT2D eigenvalue weighted by Crippen LogP contribution is 2.22. The first-order chi connectivity index (χ1) is 18.5. The maximum Gasteiger partial charge on any atom is 0.282 e. The van der Waals surface area contributed by atoms with Crippen molar-refractivity contribution in [2.24, 2.45) is 0 Å². The van der Waals surface area contributed by atoms with Gasteiger partial charge in [0.05, 0.1) is 21.2 Å². The van der Waals surface area contributed by atoms with Crippen LogP contribution in [0.1, 0.15) is 20.7 Å². The first-order valence-electron chi connectivity index (χ1n) is 10.5. The highest BCUT2D eigenvalue weighted by molar-refractivity contribution is 6.68. The zero-order valence-corrected chi connectivity index (χ0v) is 21.8. The summed E-state index contributed by atoms with van der Waals surface area (Å²) in [5, 5.41) is 23.3. The Morgan fingerprint density at radius 1 is 0.744 bits per heavy atom. The van der Waals surface area contributed by atoms with E-state index in [-0.39, 0.29) is 27.7 Å². The van der Waals surface area contributed by atoms with E-state index < -0.39 is 21.0 Å². The monoisotopic (exact) mass is 590 g/mol. The van der Waals surface area contributed by atoms with Crippen molar-refractivity contribution in [1.29, 1.82) is 0 Å². The Labute approximate surface area is 235 Å². The lowest BCUT2D eigenvalue weighted by Crippen LogP contribution is -2.14. The molecule has 0 saturated carbocycles. The molecular weight excluding hydrogens is 575 g/mol. The predicted octanol–water partition coefficient (Wildman–Crippen LogP) is 6.19. The standard InChI is InChI=1S/C12H8ClN3O3.C7H4ClNO3.C5H5ClN2/c13-11-9(5-3-7-14-11)15-12(17)8-4-1-2-6-10(8)16(18)19;8-7(10)5-3-1-2-4-6(5)9(11)12;6-5-4(7)2-1-3-8-5/h1-7H,(H,15,17);1-4H;1-3H,7H2. The van der Waals surface area contributed by atoms with Gasteiger partial charge in [0.15, 0.2) is 10.3 Å². The number of pyridine rings is 2. The molecule has 0 aliphatic heterocycles. The van der Waals surface area contributed by atoms with Crippen molar-refractivity contribution >= 4 is 68.7 Å². The average Bonchev–Trinajstić information content (AvgIpc) is 2.92. The van der Waals surface area contributed by atoms with E-state index in [9.17, 15) is 29.8 Å². The molecule has 12 nitrogen and oxygen atoms in total. The molecule has 0 saturated heterocycles. The quantitative estimate of drug-likeness (QED) is 0.118. The van der Waals surface area contributed by atoms with Crippen LogP contribution in [0.3, 0.4) is 0 Å². The molecule has 0 fully saturated rings. The Morgan fingerprint density at radius 2 is 1.23 bits per heavy atom. The van der Waals surface area contributed by atoms with Crippen LogP contribution in [-0.2, 0) is 0 Å². The van der Waals surface area contributed by atoms with E-state index in [1.807, 2.05) is 0 Å². The minimum Gasteiger partial charge on any atom is -0.396 e. The summed E-state index contributed by atoms with van der Waals surface area (Å²) >= 11 is 16.4. The number of carbonyl (C=O) groups excluding carboxylic acids is 2. The molecule has 0 unspecified atom stereocenters. The molecule has 2 aromatic heterocycles. The van der Waals surface area contributed by atoms with Gasteiger partial charge in [-0.2, -0.15) is 0 Å². The summed E-state index contributed by atoms with van der Waals surface area (Å²) in [6.07, 6.45) is 3.07. The van der Waals surface area contributed by atoms with E-state index in [1.165, 1.54) is 48.7 Å². The van der Waals surface area contributed by atoms with E-state index in [4.69, 9.17) is 40.5 Å². The molecule has 3 N–H and O–H groups in total. The van der Waals surface area contributed by atoms with Crippen LogP contribution < -0.4 is 11.1 Å². The summed E-state index contributed by atoms with van der Waals surface area (Å²) in [5.74, 6) is -0.609. The zero-order chi connectivity index (χ0) is 28.9. The first-order valence-corrected chi connectivity index (χ1v) is 11.6. The van der Waals surface area contributed by atoms with Crippen LogP contribution in [0.4, 0.5) is 22.7 Å². The summed E-state index contributed by atoms with van der Waals surface area (Å²) in [6, 6.07) is 17.8. The van der Waals surface area contributed by atoms with Crippen LogP contribution in [0.15, 0.2) is 85.2 Å². The van der Waals surface area contributed by atoms with Crippen molar-refractivity contribution < 1.29 is 19.4 Å². The number of nitrogens with two attached hydrogens (primary N) is 1. The Kier molecular flexibility index (Phi) is 11.7. The van der Waals surface area contributed by atoms with E-state index in [0.717, 1.165) is 0 Å². The lowest BCUT2D eigenvalue weighted by molar-refractivity contribution is -0.385. The van der Waals surface area contributed by atoms with Crippen molar-refractivity contribution in [2.75, 3.05) is 11.1 Å². The summed E-state index contributed by atoms with van der Waals surface area (Å²) in [5.41, 5.74) is 5.50. The van der Waals surface area contributed by atoms with Gasteiger partial charge >= 0.3 is 0 Å². The van der Waals surface area contributed by atoms with Crippen molar-refractivity contribution in [2.45, 2.75) is 0 Å². The molecule has 1 amide bonds. The van der Waals surface area contributed by atoms with Crippen LogP contribution >= 0.6 is 34.8 Å². The van der Waals surface area contributed by atoms with Crippen LogP contribution in [0.2, 0.25) is 10.3 Å². The van der Waals surface area contributed by atoms with E-state index in [1.54, 1.807) is 36.5 Å². The number of nitrogens with zero attached hydrogens (tertiary/aromatic N) is 4. The number of nitro benzene ring substituents is 2. The molecule has 0 aliphatic rings. The Hall–Kier alpha value is -4.65. The molecule has 200 valence electrons. The Morgan fingerprint density at radius 3 is 1.67 bits per heavy atom. The van der Waals surface area contributed by atoms with Crippen molar-refractivity contribution in [3.63, 3.8) is 0 Å². The molecule has 0 atom stereocenters. The number of nitro groups is 2. The third kappa shape index (κ3) is 9.31. The smallest absolute Gasteiger partial charge is 0.282 e. The molecule has 4 rings (SSSR count). The number of nitrogen functional groups attached to an aromatic ring is 1. The second kappa shape index (κ2) is 14.9. The average molecular weight is 592 g/mol. The molecule has 0 spiro atoms. The summed E-state index contributed by atoms with van der Waals surface area (Å²) in [6.45, 7) is 0. The fraction of sp³-hybridized carbons (Fsp3) is 0. The minimum atomic E-state index is -0.817. The highest BCUT2D eigenvalue weighted by atomic mass is 35.5. The summed E-state index contributed by atoms with van der Waals surface area (Å²) < 4.78 is 0. The molecule has 0 radical (unpaired) electrons. The van der Waals surface area contributed by atoms with Crippen LogP contribution in [-0.4, -0.2) is 31.0 Å². The summed E-state index contributed by atoms with van der Waals surface area (Å²) in [7, 11) is 0. The van der Waals surface area contributed by atoms with Crippen molar-refractivity contribution in [1.82, 2.24) is 9.97 Å². The zero-order valence-electron chi connectivity index (χ0n) is 19.5. The van der Waals surface area contributed by atoms with Gasteiger partial charge in [0.25, 0.3) is 22.5 Å². The normalized spacial score (nSPS) is 9.62. The number of aromatic nitrogens is 2. The minimum absolute atomic E-state index is 0.0348. The third-order valence-corrected chi connectivity index (χ3v) is 5.27. The molecular formula is C24H17Cl3N6O6. The highest BCUT2D eigenvalue weighted by Gasteiger charge is 2.20. The molecule has 2 heterocycles. The molecule has 0 aliphatic carbocycles. The van der Waals surface area contributed by atoms with Crippen LogP contribution in [0.25, 0.3) is 0 Å². The molecule has 4 aromatic rings. The predicted molar refractivity (Wildman–Crippen MR) is 147 cm³/mol. The number of rotatable bonds is 5. The summed E-state index contributed by atoms with van der Waals surface area (Å²) in [4.78, 5) is 50.0. The molecule has 39 heavy (non-hydrogen) atoms. The maximum atomic E-state index is 12.0. The first kappa shape index (κ1) is 30.6. The topological polar surface area (TPSA) is 184 Å². The Balaban J connectivity index is 0.000000227. The van der Waals surface area contributed by atoms with Crippen LogP contribution in [0.5, 0.6) is 0 Å². The van der Waals surface area contributed by atoms with Crippen molar-refractivity contribution in [3.8, 4) is 0 Å². The molecule has 2 aromatic carbocycles. The fourth-order valence-electron chi connectivity index (χ4n) is 2.69. The second-order valence-electron chi connectivity index (χ2n) is 7.00. The lowest BCUT2D eigenvalue weighted by Gasteiger charge is -2.06. The molecule has 0 bridgehead atoms. The molecule has 15 heteroatoms. The van der Waals surface area contributed by atoms with Gasteiger partial charge in [-0.25, -0.2) is 9.97 Å². The van der Waals surface area contributed by atoms with Gasteiger partial charge in [-0.1, -0.05) is 47.5 Å². The number of nitrogens with one attached hydrogen (secondary N) is 1. The van der Waals surface area contributed by atoms with Gasteiger partial charge in [-0.3, -0.25) is 29.8 Å².